The fraction of sp³-hybridized carbons (Fsp3) is 0.300. The van der Waals surface area contributed by atoms with Crippen molar-refractivity contribution >= 4 is 0 Å². The summed E-state index contributed by atoms with van der Waals surface area (Å²) < 4.78 is 3.22. The number of nitrogens with zero attached hydrogens (tertiary/aromatic N) is 4. The van der Waals surface area contributed by atoms with Crippen LogP contribution in [0.1, 0.15) is 11.4 Å². The molecule has 6 nitrogen and oxygen atoms in total. The molecule has 0 saturated carbocycles. The van der Waals surface area contributed by atoms with Gasteiger partial charge in [0, 0.05) is 25.4 Å². The van der Waals surface area contributed by atoms with Crippen molar-refractivity contribution < 1.29 is 0 Å². The maximum absolute atomic E-state index is 11.9. The van der Waals surface area contributed by atoms with E-state index in [0.717, 1.165) is 5.82 Å². The molecule has 0 saturated heterocycles. The first kappa shape index (κ1) is 10.6. The van der Waals surface area contributed by atoms with Crippen molar-refractivity contribution in [3.63, 3.8) is 0 Å². The molecule has 0 bridgehead atoms. The molecule has 16 heavy (non-hydrogen) atoms. The highest BCUT2D eigenvalue weighted by Gasteiger charge is 2.05. The zero-order chi connectivity index (χ0) is 11.5. The smallest absolute Gasteiger partial charge is 0.255 e. The molecule has 0 radical (unpaired) electrons. The zero-order valence-electron chi connectivity index (χ0n) is 9.00. The Morgan fingerprint density at radius 2 is 2.31 bits per heavy atom. The minimum absolute atomic E-state index is 0.0759. The number of hydrogen-bond donors (Lipinski definition) is 1. The van der Waals surface area contributed by atoms with E-state index in [-0.39, 0.29) is 12.1 Å². The summed E-state index contributed by atoms with van der Waals surface area (Å²) in [5, 5.41) is 3.95. The summed E-state index contributed by atoms with van der Waals surface area (Å²) in [4.78, 5) is 15.9. The Balaban J connectivity index is 2.36. The maximum Gasteiger partial charge on any atom is 0.255 e. The summed E-state index contributed by atoms with van der Waals surface area (Å²) in [7, 11) is 1.79. The summed E-state index contributed by atoms with van der Waals surface area (Å²) in [5.41, 5.74) is 6.00. The van der Waals surface area contributed by atoms with E-state index in [2.05, 4.69) is 10.1 Å². The third-order valence-electron chi connectivity index (χ3n) is 2.44. The van der Waals surface area contributed by atoms with Crippen molar-refractivity contribution in [3.05, 3.63) is 46.4 Å². The van der Waals surface area contributed by atoms with E-state index >= 15 is 0 Å². The van der Waals surface area contributed by atoms with Gasteiger partial charge in [0.25, 0.3) is 5.56 Å². The van der Waals surface area contributed by atoms with Crippen LogP contribution in [0.3, 0.4) is 0 Å². The van der Waals surface area contributed by atoms with Gasteiger partial charge < -0.3 is 10.3 Å². The first-order valence-electron chi connectivity index (χ1n) is 4.93. The van der Waals surface area contributed by atoms with Gasteiger partial charge in [0.15, 0.2) is 0 Å². The third kappa shape index (κ3) is 1.87. The third-order valence-corrected chi connectivity index (χ3v) is 2.44. The van der Waals surface area contributed by atoms with E-state index in [4.69, 9.17) is 5.73 Å². The summed E-state index contributed by atoms with van der Waals surface area (Å²) >= 11 is 0. The lowest BCUT2D eigenvalue weighted by atomic mass is 10.3. The number of pyridine rings is 1. The van der Waals surface area contributed by atoms with Crippen LogP contribution in [0.15, 0.2) is 29.5 Å². The van der Waals surface area contributed by atoms with E-state index in [1.807, 2.05) is 0 Å². The normalized spacial score (nSPS) is 10.6. The molecule has 0 aliphatic heterocycles. The second kappa shape index (κ2) is 4.28. The van der Waals surface area contributed by atoms with Crippen LogP contribution in [0.25, 0.3) is 0 Å². The van der Waals surface area contributed by atoms with Crippen molar-refractivity contribution in [2.24, 2.45) is 12.8 Å². The Hall–Kier alpha value is -1.95. The van der Waals surface area contributed by atoms with E-state index < -0.39 is 0 Å². The highest BCUT2D eigenvalue weighted by Crippen LogP contribution is 1.96. The molecular weight excluding hydrogens is 206 g/mol. The highest BCUT2D eigenvalue weighted by atomic mass is 16.1. The maximum atomic E-state index is 11.9. The minimum Gasteiger partial charge on any atom is -0.326 e. The van der Waals surface area contributed by atoms with Crippen LogP contribution in [-0.2, 0) is 20.1 Å². The topological polar surface area (TPSA) is 78.7 Å². The monoisotopic (exact) mass is 219 g/mol. The molecule has 0 unspecified atom stereocenters. The number of aryl methyl sites for hydroxylation is 1. The molecule has 84 valence electrons. The fourth-order valence-electron chi connectivity index (χ4n) is 1.48. The first-order valence-corrected chi connectivity index (χ1v) is 4.93. The predicted molar refractivity (Wildman–Crippen MR) is 58.7 cm³/mol. The Morgan fingerprint density at radius 1 is 1.50 bits per heavy atom. The van der Waals surface area contributed by atoms with Gasteiger partial charge in [-0.3, -0.25) is 9.48 Å². The molecule has 0 spiro atoms. The highest BCUT2D eigenvalue weighted by molar-refractivity contribution is 5.10. The molecule has 0 amide bonds. The quantitative estimate of drug-likeness (QED) is 0.753. The van der Waals surface area contributed by atoms with Crippen molar-refractivity contribution in [2.75, 3.05) is 0 Å². The van der Waals surface area contributed by atoms with Crippen LogP contribution < -0.4 is 11.3 Å². The Bertz CT molecular complexity index is 542. The van der Waals surface area contributed by atoms with E-state index in [1.165, 1.54) is 6.33 Å². The Labute approximate surface area is 92.3 Å². The van der Waals surface area contributed by atoms with Gasteiger partial charge in [-0.2, -0.15) is 5.10 Å². The summed E-state index contributed by atoms with van der Waals surface area (Å²) in [6.45, 7) is 0.654. The van der Waals surface area contributed by atoms with Crippen molar-refractivity contribution in [1.82, 2.24) is 19.3 Å². The largest absolute Gasteiger partial charge is 0.326 e. The number of aromatic nitrogens is 4. The van der Waals surface area contributed by atoms with Crippen LogP contribution in [0.2, 0.25) is 0 Å². The molecule has 2 N–H and O–H groups in total. The lowest BCUT2D eigenvalue weighted by molar-refractivity contribution is 0.637. The number of rotatable bonds is 3. The van der Waals surface area contributed by atoms with Crippen molar-refractivity contribution in [3.8, 4) is 0 Å². The first-order chi connectivity index (χ1) is 7.72. The molecule has 6 heteroatoms. The zero-order valence-corrected chi connectivity index (χ0v) is 9.00. The van der Waals surface area contributed by atoms with Gasteiger partial charge in [-0.1, -0.05) is 6.07 Å². The van der Waals surface area contributed by atoms with Gasteiger partial charge in [0.05, 0.1) is 6.54 Å². The van der Waals surface area contributed by atoms with E-state index in [1.54, 1.807) is 34.6 Å². The average molecular weight is 219 g/mol. The molecule has 0 atom stereocenters. The number of nitrogens with two attached hydrogens (primary N) is 1. The van der Waals surface area contributed by atoms with Gasteiger partial charge in [-0.05, 0) is 6.07 Å². The minimum atomic E-state index is -0.0759. The lowest BCUT2D eigenvalue weighted by Crippen LogP contribution is -2.26. The Morgan fingerprint density at radius 3 is 2.94 bits per heavy atom. The molecule has 2 rings (SSSR count). The molecule has 0 aliphatic carbocycles. The van der Waals surface area contributed by atoms with Gasteiger partial charge in [0.2, 0.25) is 0 Å². The predicted octanol–water partition coefficient (Wildman–Crippen LogP) is -0.516. The standard InChI is InChI=1S/C10H13N5O/c1-14-9(12-7-13-14)6-15-4-2-3-8(5-11)10(15)16/h2-4,7H,5-6,11H2,1H3. The molecule has 2 aromatic heterocycles. The van der Waals surface area contributed by atoms with Gasteiger partial charge in [-0.25, -0.2) is 4.98 Å². The molecule has 2 aromatic rings. The second-order valence-corrected chi connectivity index (χ2v) is 3.47. The number of hydrogen-bond acceptors (Lipinski definition) is 4. The van der Waals surface area contributed by atoms with Crippen molar-refractivity contribution in [2.45, 2.75) is 13.1 Å². The van der Waals surface area contributed by atoms with E-state index in [0.29, 0.717) is 12.1 Å². The van der Waals surface area contributed by atoms with Crippen molar-refractivity contribution in [1.29, 1.82) is 0 Å². The summed E-state index contributed by atoms with van der Waals surface area (Å²) in [6, 6.07) is 3.54. The fourth-order valence-corrected chi connectivity index (χ4v) is 1.48. The van der Waals surface area contributed by atoms with Crippen LogP contribution >= 0.6 is 0 Å². The van der Waals surface area contributed by atoms with Crippen LogP contribution in [0, 0.1) is 0 Å². The second-order valence-electron chi connectivity index (χ2n) is 3.47. The Kier molecular flexibility index (Phi) is 2.82. The van der Waals surface area contributed by atoms with Gasteiger partial charge in [-0.15, -0.1) is 0 Å². The molecule has 0 aliphatic rings. The molecular formula is C10H13N5O. The van der Waals surface area contributed by atoms with Crippen LogP contribution in [0.5, 0.6) is 0 Å². The van der Waals surface area contributed by atoms with Crippen LogP contribution in [0.4, 0.5) is 0 Å². The molecule has 0 fully saturated rings. The van der Waals surface area contributed by atoms with Gasteiger partial charge in [0.1, 0.15) is 12.2 Å². The van der Waals surface area contributed by atoms with Crippen LogP contribution in [-0.4, -0.2) is 19.3 Å². The SMILES string of the molecule is Cn1ncnc1Cn1cccc(CN)c1=O. The molecule has 0 aromatic carbocycles. The molecule has 2 heterocycles. The summed E-state index contributed by atoms with van der Waals surface area (Å²) in [5.74, 6) is 0.733. The van der Waals surface area contributed by atoms with Gasteiger partial charge >= 0.3 is 0 Å². The van der Waals surface area contributed by atoms with E-state index in [9.17, 15) is 4.79 Å². The average Bonchev–Trinajstić information content (AvgIpc) is 2.68. The lowest BCUT2D eigenvalue weighted by Gasteiger charge is -2.06. The summed E-state index contributed by atoms with van der Waals surface area (Å²) in [6.07, 6.45) is 3.18.